The van der Waals surface area contributed by atoms with Gasteiger partial charge in [-0.25, -0.2) is 0 Å². The monoisotopic (exact) mass is 273 g/mol. The molecule has 1 amide bonds. The minimum Gasteiger partial charge on any atom is -0.480 e. The van der Waals surface area contributed by atoms with Crippen LogP contribution in [-0.2, 0) is 9.59 Å². The molecule has 0 aliphatic carbocycles. The van der Waals surface area contributed by atoms with Gasteiger partial charge >= 0.3 is 5.97 Å². The van der Waals surface area contributed by atoms with Crippen LogP contribution in [0.4, 0.5) is 0 Å². The summed E-state index contributed by atoms with van der Waals surface area (Å²) in [4.78, 5) is 22.4. The zero-order valence-corrected chi connectivity index (χ0v) is 10.6. The van der Waals surface area contributed by atoms with Crippen molar-refractivity contribution in [2.75, 3.05) is 12.3 Å². The van der Waals surface area contributed by atoms with Gasteiger partial charge in [0.15, 0.2) is 0 Å². The first kappa shape index (κ1) is 13.9. The minimum atomic E-state index is -1.04. The molecule has 0 atom stereocenters. The summed E-state index contributed by atoms with van der Waals surface area (Å²) in [6.45, 7) is -0.333. The molecule has 6 heteroatoms. The second-order valence-corrected chi connectivity index (χ2v) is 4.83. The van der Waals surface area contributed by atoms with Crippen molar-refractivity contribution in [1.82, 2.24) is 5.32 Å². The van der Waals surface area contributed by atoms with E-state index in [-0.39, 0.29) is 18.9 Å². The number of nitrogens with one attached hydrogen (secondary N) is 1. The molecule has 17 heavy (non-hydrogen) atoms. The topological polar surface area (TPSA) is 66.4 Å². The van der Waals surface area contributed by atoms with E-state index in [1.54, 1.807) is 6.07 Å². The van der Waals surface area contributed by atoms with Crippen LogP contribution in [-0.4, -0.2) is 29.3 Å². The number of carbonyl (C=O) groups is 2. The maximum Gasteiger partial charge on any atom is 0.322 e. The number of halogens is 1. The molecule has 0 fully saturated rings. The van der Waals surface area contributed by atoms with Crippen LogP contribution >= 0.6 is 23.4 Å². The van der Waals surface area contributed by atoms with Gasteiger partial charge in [-0.15, -0.1) is 11.8 Å². The molecule has 0 saturated carbocycles. The lowest BCUT2D eigenvalue weighted by atomic mass is 10.4. The maximum atomic E-state index is 11.2. The fraction of sp³-hybridized carbons (Fsp3) is 0.273. The van der Waals surface area contributed by atoms with Crippen molar-refractivity contribution in [2.24, 2.45) is 0 Å². The summed E-state index contributed by atoms with van der Waals surface area (Å²) < 4.78 is 0. The Bertz CT molecular complexity index is 411. The number of thioether (sulfide) groups is 1. The third kappa shape index (κ3) is 6.19. The molecule has 0 heterocycles. The van der Waals surface area contributed by atoms with Crippen LogP contribution in [0, 0.1) is 0 Å². The summed E-state index contributed by atoms with van der Waals surface area (Å²) in [7, 11) is 0. The molecule has 0 aliphatic heterocycles. The summed E-state index contributed by atoms with van der Waals surface area (Å²) in [5.74, 6) is -0.714. The molecule has 92 valence electrons. The average Bonchev–Trinajstić information content (AvgIpc) is 2.26. The largest absolute Gasteiger partial charge is 0.480 e. The number of hydrogen-bond donors (Lipinski definition) is 2. The molecular weight excluding hydrogens is 262 g/mol. The fourth-order valence-electron chi connectivity index (χ4n) is 1.08. The second-order valence-electron chi connectivity index (χ2n) is 3.23. The molecule has 0 radical (unpaired) electrons. The number of benzene rings is 1. The van der Waals surface area contributed by atoms with Crippen LogP contribution < -0.4 is 5.32 Å². The van der Waals surface area contributed by atoms with Crippen LogP contribution in [0.2, 0.25) is 5.02 Å². The van der Waals surface area contributed by atoms with Crippen LogP contribution in [0.5, 0.6) is 0 Å². The third-order valence-corrected chi connectivity index (χ3v) is 3.06. The van der Waals surface area contributed by atoms with Crippen molar-refractivity contribution in [2.45, 2.75) is 11.3 Å². The predicted octanol–water partition coefficient (Wildman–Crippen LogP) is 2.02. The standard InChI is InChI=1S/C11H12ClNO3S/c12-8-2-1-3-9(6-8)17-5-4-10(14)13-7-11(15)16/h1-3,6H,4-5,7H2,(H,13,14)(H,15,16). The number of carbonyl (C=O) groups excluding carboxylic acids is 1. The summed E-state index contributed by atoms with van der Waals surface area (Å²) >= 11 is 7.32. The van der Waals surface area contributed by atoms with Gasteiger partial charge in [0, 0.05) is 22.1 Å². The average molecular weight is 274 g/mol. The van der Waals surface area contributed by atoms with E-state index in [1.165, 1.54) is 11.8 Å². The number of carboxylic acid groups (broad SMARTS) is 1. The zero-order valence-electron chi connectivity index (χ0n) is 8.98. The Morgan fingerprint density at radius 2 is 2.18 bits per heavy atom. The van der Waals surface area contributed by atoms with Gasteiger partial charge in [0.05, 0.1) is 0 Å². The Hall–Kier alpha value is -1.20. The van der Waals surface area contributed by atoms with Gasteiger partial charge in [0.1, 0.15) is 6.54 Å². The molecule has 4 nitrogen and oxygen atoms in total. The lowest BCUT2D eigenvalue weighted by Crippen LogP contribution is -2.29. The van der Waals surface area contributed by atoms with Crippen LogP contribution in [0.15, 0.2) is 29.2 Å². The van der Waals surface area contributed by atoms with Gasteiger partial charge in [-0.3, -0.25) is 9.59 Å². The summed E-state index contributed by atoms with van der Waals surface area (Å²) in [5, 5.41) is 11.3. The van der Waals surface area contributed by atoms with Crippen LogP contribution in [0.3, 0.4) is 0 Å². The number of aliphatic carboxylic acids is 1. The normalized spacial score (nSPS) is 9.94. The second kappa shape index (κ2) is 7.19. The molecular formula is C11H12ClNO3S. The third-order valence-electron chi connectivity index (χ3n) is 1.83. The smallest absolute Gasteiger partial charge is 0.322 e. The Balaban J connectivity index is 2.23. The molecule has 0 aliphatic rings. The van der Waals surface area contributed by atoms with Gasteiger partial charge < -0.3 is 10.4 Å². The number of rotatable bonds is 6. The quantitative estimate of drug-likeness (QED) is 0.778. The summed E-state index contributed by atoms with van der Waals surface area (Å²) in [6.07, 6.45) is 0.282. The molecule has 1 aromatic carbocycles. The summed E-state index contributed by atoms with van der Waals surface area (Å²) in [6, 6.07) is 7.35. The molecule has 0 aromatic heterocycles. The molecule has 2 N–H and O–H groups in total. The first-order valence-corrected chi connectivity index (χ1v) is 6.31. The van der Waals surface area contributed by atoms with E-state index in [2.05, 4.69) is 5.32 Å². The Morgan fingerprint density at radius 1 is 1.41 bits per heavy atom. The first-order chi connectivity index (χ1) is 8.08. The van der Waals surface area contributed by atoms with Crippen molar-refractivity contribution in [3.63, 3.8) is 0 Å². The van der Waals surface area contributed by atoms with E-state index >= 15 is 0 Å². The molecule has 0 saturated heterocycles. The number of hydrogen-bond acceptors (Lipinski definition) is 3. The molecule has 0 unspecified atom stereocenters. The van der Waals surface area contributed by atoms with Crippen molar-refractivity contribution in [3.8, 4) is 0 Å². The molecule has 0 spiro atoms. The van der Waals surface area contributed by atoms with E-state index in [9.17, 15) is 9.59 Å². The van der Waals surface area contributed by atoms with E-state index in [4.69, 9.17) is 16.7 Å². The Kier molecular flexibility index (Phi) is 5.86. The number of carboxylic acids is 1. The highest BCUT2D eigenvalue weighted by Gasteiger charge is 2.04. The molecule has 1 rings (SSSR count). The Labute approximate surface area is 108 Å². The molecule has 1 aromatic rings. The van der Waals surface area contributed by atoms with Gasteiger partial charge in [0.2, 0.25) is 5.91 Å². The SMILES string of the molecule is O=C(O)CNC(=O)CCSc1cccc(Cl)c1. The van der Waals surface area contributed by atoms with Crippen molar-refractivity contribution >= 4 is 35.2 Å². The highest BCUT2D eigenvalue weighted by atomic mass is 35.5. The lowest BCUT2D eigenvalue weighted by molar-refractivity contribution is -0.137. The van der Waals surface area contributed by atoms with Crippen molar-refractivity contribution < 1.29 is 14.7 Å². The summed E-state index contributed by atoms with van der Waals surface area (Å²) in [5.41, 5.74) is 0. The van der Waals surface area contributed by atoms with E-state index in [1.807, 2.05) is 18.2 Å². The number of amides is 1. The maximum absolute atomic E-state index is 11.2. The van der Waals surface area contributed by atoms with E-state index in [0.29, 0.717) is 10.8 Å². The fourth-order valence-corrected chi connectivity index (χ4v) is 2.24. The Morgan fingerprint density at radius 3 is 2.82 bits per heavy atom. The lowest BCUT2D eigenvalue weighted by Gasteiger charge is -2.03. The van der Waals surface area contributed by atoms with Gasteiger partial charge in [-0.1, -0.05) is 17.7 Å². The van der Waals surface area contributed by atoms with Gasteiger partial charge in [0.25, 0.3) is 0 Å². The van der Waals surface area contributed by atoms with Crippen molar-refractivity contribution in [3.05, 3.63) is 29.3 Å². The highest BCUT2D eigenvalue weighted by Crippen LogP contribution is 2.21. The zero-order chi connectivity index (χ0) is 12.7. The van der Waals surface area contributed by atoms with Gasteiger partial charge in [-0.2, -0.15) is 0 Å². The van der Waals surface area contributed by atoms with Crippen LogP contribution in [0.25, 0.3) is 0 Å². The highest BCUT2D eigenvalue weighted by molar-refractivity contribution is 7.99. The van der Waals surface area contributed by atoms with Crippen LogP contribution in [0.1, 0.15) is 6.42 Å². The minimum absolute atomic E-state index is 0.262. The van der Waals surface area contributed by atoms with E-state index < -0.39 is 5.97 Å². The van der Waals surface area contributed by atoms with Crippen molar-refractivity contribution in [1.29, 1.82) is 0 Å². The first-order valence-electron chi connectivity index (χ1n) is 4.95. The van der Waals surface area contributed by atoms with E-state index in [0.717, 1.165) is 4.90 Å². The predicted molar refractivity (Wildman–Crippen MR) is 67.4 cm³/mol. The molecule has 0 bridgehead atoms. The van der Waals surface area contributed by atoms with Gasteiger partial charge in [-0.05, 0) is 18.2 Å².